The van der Waals surface area contributed by atoms with Crippen LogP contribution in [0.1, 0.15) is 23.2 Å². The Bertz CT molecular complexity index is 378. The molecule has 1 fully saturated rings. The Morgan fingerprint density at radius 1 is 1.40 bits per heavy atom. The second kappa shape index (κ2) is 4.16. The summed E-state index contributed by atoms with van der Waals surface area (Å²) in [7, 11) is 0. The Kier molecular flexibility index (Phi) is 2.71. The molecule has 0 spiro atoms. The minimum absolute atomic E-state index is 0.122. The minimum atomic E-state index is -0.141. The van der Waals surface area contributed by atoms with Crippen molar-refractivity contribution >= 4 is 11.7 Å². The van der Waals surface area contributed by atoms with Gasteiger partial charge in [0.25, 0.3) is 5.91 Å². The lowest BCUT2D eigenvalue weighted by atomic mass is 10.1. The molecule has 1 aliphatic heterocycles. The van der Waals surface area contributed by atoms with Crippen LogP contribution in [0.4, 0.5) is 0 Å². The third kappa shape index (κ3) is 2.18. The Balaban J connectivity index is 2.11. The molecular formula is C10H11N3O2. The van der Waals surface area contributed by atoms with E-state index in [4.69, 9.17) is 0 Å². The van der Waals surface area contributed by atoms with Crippen molar-refractivity contribution in [1.82, 2.24) is 15.1 Å². The second-order valence-corrected chi connectivity index (χ2v) is 3.50. The smallest absolute Gasteiger partial charge is 0.255 e. The summed E-state index contributed by atoms with van der Waals surface area (Å²) in [5.41, 5.74) is 0.486. The van der Waals surface area contributed by atoms with Crippen LogP contribution in [0.5, 0.6) is 0 Å². The fraction of sp³-hybridized carbons (Fsp3) is 0.400. The molecule has 15 heavy (non-hydrogen) atoms. The maximum absolute atomic E-state index is 11.9. The molecule has 0 unspecified atom stereocenters. The van der Waals surface area contributed by atoms with Gasteiger partial charge in [0.05, 0.1) is 24.5 Å². The molecule has 1 aromatic rings. The molecule has 0 radical (unpaired) electrons. The quantitative estimate of drug-likeness (QED) is 0.660. The number of likely N-dealkylation sites (tertiary alicyclic amines) is 1. The zero-order valence-electron chi connectivity index (χ0n) is 8.22. The molecule has 0 saturated carbocycles. The fourth-order valence-corrected chi connectivity index (χ4v) is 1.61. The van der Waals surface area contributed by atoms with Gasteiger partial charge in [-0.1, -0.05) is 0 Å². The van der Waals surface area contributed by atoms with E-state index in [0.29, 0.717) is 18.5 Å². The van der Waals surface area contributed by atoms with Crippen LogP contribution in [0.25, 0.3) is 0 Å². The van der Waals surface area contributed by atoms with Gasteiger partial charge >= 0.3 is 0 Å². The molecule has 0 atom stereocenters. The first-order valence-electron chi connectivity index (χ1n) is 4.85. The average molecular weight is 205 g/mol. The van der Waals surface area contributed by atoms with E-state index in [-0.39, 0.29) is 18.2 Å². The van der Waals surface area contributed by atoms with Crippen LogP contribution in [-0.4, -0.2) is 39.9 Å². The standard InChI is InChI=1S/C10H11N3O2/c14-9-2-1-5-13(7-9)10(15)8-3-4-11-12-6-8/h3-4,6H,1-2,5,7H2. The summed E-state index contributed by atoms with van der Waals surface area (Å²) < 4.78 is 0. The number of carbonyl (C=O) groups excluding carboxylic acids is 2. The van der Waals surface area contributed by atoms with Crippen molar-refractivity contribution in [3.05, 3.63) is 24.0 Å². The fourth-order valence-electron chi connectivity index (χ4n) is 1.61. The Hall–Kier alpha value is -1.78. The van der Waals surface area contributed by atoms with Gasteiger partial charge in [0, 0.05) is 13.0 Å². The molecule has 1 amide bonds. The molecule has 1 saturated heterocycles. The Morgan fingerprint density at radius 2 is 2.27 bits per heavy atom. The molecule has 5 nitrogen and oxygen atoms in total. The largest absolute Gasteiger partial charge is 0.331 e. The lowest BCUT2D eigenvalue weighted by Crippen LogP contribution is -2.40. The molecule has 5 heteroatoms. The van der Waals surface area contributed by atoms with Crippen LogP contribution >= 0.6 is 0 Å². The second-order valence-electron chi connectivity index (χ2n) is 3.50. The first-order chi connectivity index (χ1) is 7.27. The molecule has 2 rings (SSSR count). The molecule has 78 valence electrons. The summed E-state index contributed by atoms with van der Waals surface area (Å²) in [6.07, 6.45) is 4.22. The van der Waals surface area contributed by atoms with Crippen molar-refractivity contribution in [2.75, 3.05) is 13.1 Å². The number of Topliss-reactive ketones (excluding diaryl/α,β-unsaturated/α-hetero) is 1. The molecule has 0 aromatic carbocycles. The Morgan fingerprint density at radius 3 is 2.93 bits per heavy atom. The molecule has 0 N–H and O–H groups in total. The number of piperidine rings is 1. The predicted molar refractivity (Wildman–Crippen MR) is 52.2 cm³/mol. The number of carbonyl (C=O) groups is 2. The summed E-state index contributed by atoms with van der Waals surface area (Å²) in [6.45, 7) is 0.869. The van der Waals surface area contributed by atoms with Gasteiger partial charge in [-0.3, -0.25) is 9.59 Å². The van der Waals surface area contributed by atoms with Crippen molar-refractivity contribution in [2.45, 2.75) is 12.8 Å². The van der Waals surface area contributed by atoms with Crippen LogP contribution in [0.15, 0.2) is 18.5 Å². The average Bonchev–Trinajstić information content (AvgIpc) is 2.29. The highest BCUT2D eigenvalue weighted by molar-refractivity contribution is 5.97. The zero-order chi connectivity index (χ0) is 10.7. The third-order valence-corrected chi connectivity index (χ3v) is 2.37. The van der Waals surface area contributed by atoms with Crippen LogP contribution in [0, 0.1) is 0 Å². The van der Waals surface area contributed by atoms with Gasteiger partial charge in [-0.2, -0.15) is 10.2 Å². The minimum Gasteiger partial charge on any atom is -0.331 e. The number of nitrogens with zero attached hydrogens (tertiary/aromatic N) is 3. The van der Waals surface area contributed by atoms with E-state index in [1.54, 1.807) is 11.0 Å². The summed E-state index contributed by atoms with van der Waals surface area (Å²) in [6, 6.07) is 1.61. The van der Waals surface area contributed by atoms with Gasteiger partial charge in [0.2, 0.25) is 0 Å². The van der Waals surface area contributed by atoms with E-state index in [0.717, 1.165) is 6.42 Å². The molecule has 2 heterocycles. The highest BCUT2D eigenvalue weighted by Crippen LogP contribution is 2.09. The van der Waals surface area contributed by atoms with Crippen LogP contribution in [0.3, 0.4) is 0 Å². The molecule has 0 aliphatic carbocycles. The first kappa shape index (κ1) is 9.76. The maximum atomic E-state index is 11.9. The number of ketones is 1. The van der Waals surface area contributed by atoms with E-state index in [9.17, 15) is 9.59 Å². The van der Waals surface area contributed by atoms with E-state index in [1.165, 1.54) is 12.4 Å². The normalized spacial score (nSPS) is 16.5. The summed E-state index contributed by atoms with van der Waals surface area (Å²) in [4.78, 5) is 24.6. The highest BCUT2D eigenvalue weighted by Gasteiger charge is 2.22. The van der Waals surface area contributed by atoms with Gasteiger partial charge < -0.3 is 4.90 Å². The monoisotopic (exact) mass is 205 g/mol. The van der Waals surface area contributed by atoms with E-state index < -0.39 is 0 Å². The van der Waals surface area contributed by atoms with Gasteiger partial charge in [-0.25, -0.2) is 0 Å². The first-order valence-corrected chi connectivity index (χ1v) is 4.85. The van der Waals surface area contributed by atoms with Crippen molar-refractivity contribution in [3.63, 3.8) is 0 Å². The lowest BCUT2D eigenvalue weighted by Gasteiger charge is -2.25. The van der Waals surface area contributed by atoms with Crippen LogP contribution in [-0.2, 0) is 4.79 Å². The molecular weight excluding hydrogens is 194 g/mol. The number of hydrogen-bond acceptors (Lipinski definition) is 4. The molecule has 1 aromatic heterocycles. The van der Waals surface area contributed by atoms with E-state index >= 15 is 0 Å². The summed E-state index contributed by atoms with van der Waals surface area (Å²) in [5, 5.41) is 7.24. The number of amides is 1. The van der Waals surface area contributed by atoms with Gasteiger partial charge in [-0.05, 0) is 12.5 Å². The SMILES string of the molecule is O=C1CCCN(C(=O)c2ccnnc2)C1. The topological polar surface area (TPSA) is 63.2 Å². The summed E-state index contributed by atoms with van der Waals surface area (Å²) in [5.74, 6) is -0.0189. The number of hydrogen-bond donors (Lipinski definition) is 0. The van der Waals surface area contributed by atoms with Gasteiger partial charge in [0.1, 0.15) is 0 Å². The molecule has 0 bridgehead atoms. The van der Waals surface area contributed by atoms with Crippen molar-refractivity contribution < 1.29 is 9.59 Å². The number of aromatic nitrogens is 2. The summed E-state index contributed by atoms with van der Waals surface area (Å²) >= 11 is 0. The van der Waals surface area contributed by atoms with Crippen molar-refractivity contribution in [3.8, 4) is 0 Å². The lowest BCUT2D eigenvalue weighted by molar-refractivity contribution is -0.121. The Labute approximate surface area is 87.1 Å². The van der Waals surface area contributed by atoms with Crippen LogP contribution < -0.4 is 0 Å². The molecule has 1 aliphatic rings. The maximum Gasteiger partial charge on any atom is 0.255 e. The highest BCUT2D eigenvalue weighted by atomic mass is 16.2. The van der Waals surface area contributed by atoms with Crippen molar-refractivity contribution in [1.29, 1.82) is 0 Å². The van der Waals surface area contributed by atoms with E-state index in [1.807, 2.05) is 0 Å². The third-order valence-electron chi connectivity index (χ3n) is 2.37. The number of rotatable bonds is 1. The van der Waals surface area contributed by atoms with Crippen LogP contribution in [0.2, 0.25) is 0 Å². The predicted octanol–water partition coefficient (Wildman–Crippen LogP) is 0.282. The zero-order valence-corrected chi connectivity index (χ0v) is 8.22. The van der Waals surface area contributed by atoms with E-state index in [2.05, 4.69) is 10.2 Å². The van der Waals surface area contributed by atoms with Gasteiger partial charge in [-0.15, -0.1) is 0 Å². The van der Waals surface area contributed by atoms with Gasteiger partial charge in [0.15, 0.2) is 5.78 Å². The van der Waals surface area contributed by atoms with Crippen molar-refractivity contribution in [2.24, 2.45) is 0 Å².